The van der Waals surface area contributed by atoms with E-state index < -0.39 is 0 Å². The first kappa shape index (κ1) is 23.2. The molecule has 2 amide bonds. The molecule has 4 aromatic rings. The van der Waals surface area contributed by atoms with Crippen LogP contribution in [0, 0.1) is 0 Å². The summed E-state index contributed by atoms with van der Waals surface area (Å²) in [5.74, 6) is -0.683. The number of hydrogen-bond acceptors (Lipinski definition) is 5. The Morgan fingerprint density at radius 2 is 1.85 bits per heavy atom. The SMILES string of the molecule is COCCNC(=O)c1ccc(NC(=O)c2cn(-c3ccccc3)nc2-c2cccnc2)cc1Cl. The van der Waals surface area contributed by atoms with Crippen LogP contribution in [0.1, 0.15) is 20.7 Å². The highest BCUT2D eigenvalue weighted by molar-refractivity contribution is 6.34. The Labute approximate surface area is 201 Å². The van der Waals surface area contributed by atoms with E-state index in [-0.39, 0.29) is 16.8 Å². The molecule has 0 unspecified atom stereocenters. The molecule has 0 saturated heterocycles. The number of carbonyl (C=O) groups is 2. The van der Waals surface area contributed by atoms with Crippen molar-refractivity contribution in [2.75, 3.05) is 25.6 Å². The predicted molar refractivity (Wildman–Crippen MR) is 130 cm³/mol. The number of nitrogens with one attached hydrogen (secondary N) is 2. The maximum atomic E-state index is 13.2. The summed E-state index contributed by atoms with van der Waals surface area (Å²) in [5, 5.41) is 10.4. The van der Waals surface area contributed by atoms with E-state index in [1.165, 1.54) is 6.07 Å². The summed E-state index contributed by atoms with van der Waals surface area (Å²) < 4.78 is 6.58. The zero-order chi connectivity index (χ0) is 23.9. The molecular formula is C25H22ClN5O3. The third-order valence-electron chi connectivity index (χ3n) is 4.98. The van der Waals surface area contributed by atoms with Crippen LogP contribution in [0.25, 0.3) is 16.9 Å². The number of para-hydroxylation sites is 1. The smallest absolute Gasteiger partial charge is 0.259 e. The predicted octanol–water partition coefficient (Wildman–Crippen LogP) is 4.22. The number of ether oxygens (including phenoxy) is 1. The Morgan fingerprint density at radius 3 is 2.56 bits per heavy atom. The van der Waals surface area contributed by atoms with Crippen molar-refractivity contribution in [1.82, 2.24) is 20.1 Å². The summed E-state index contributed by atoms with van der Waals surface area (Å²) >= 11 is 6.31. The molecule has 0 bridgehead atoms. The summed E-state index contributed by atoms with van der Waals surface area (Å²) in [4.78, 5) is 29.7. The third-order valence-corrected chi connectivity index (χ3v) is 5.29. The number of amides is 2. The average Bonchev–Trinajstić information content (AvgIpc) is 3.31. The second-order valence-corrected chi connectivity index (χ2v) is 7.72. The quantitative estimate of drug-likeness (QED) is 0.372. The molecule has 2 N–H and O–H groups in total. The number of halogens is 1. The molecule has 0 radical (unpaired) electrons. The van der Waals surface area contributed by atoms with Gasteiger partial charge in [0.05, 0.1) is 28.4 Å². The minimum absolute atomic E-state index is 0.222. The van der Waals surface area contributed by atoms with Crippen molar-refractivity contribution in [3.05, 3.63) is 95.4 Å². The molecule has 2 heterocycles. The second kappa shape index (κ2) is 10.7. The summed E-state index contributed by atoms with van der Waals surface area (Å²) in [6.07, 6.45) is 4.99. The second-order valence-electron chi connectivity index (χ2n) is 7.31. The van der Waals surface area contributed by atoms with Crippen molar-refractivity contribution in [2.45, 2.75) is 0 Å². The zero-order valence-corrected chi connectivity index (χ0v) is 19.1. The highest BCUT2D eigenvalue weighted by Gasteiger charge is 2.20. The number of rotatable bonds is 8. The van der Waals surface area contributed by atoms with Crippen molar-refractivity contribution in [1.29, 1.82) is 0 Å². The highest BCUT2D eigenvalue weighted by Crippen LogP contribution is 2.26. The number of aromatic nitrogens is 3. The Bertz CT molecular complexity index is 1290. The van der Waals surface area contributed by atoms with Gasteiger partial charge in [-0.3, -0.25) is 14.6 Å². The van der Waals surface area contributed by atoms with Crippen molar-refractivity contribution in [3.8, 4) is 16.9 Å². The van der Waals surface area contributed by atoms with Gasteiger partial charge >= 0.3 is 0 Å². The molecule has 172 valence electrons. The summed E-state index contributed by atoms with van der Waals surface area (Å²) in [5.41, 5.74) is 3.16. The lowest BCUT2D eigenvalue weighted by Gasteiger charge is -2.09. The number of pyridine rings is 1. The maximum absolute atomic E-state index is 13.2. The Kier molecular flexibility index (Phi) is 7.31. The van der Waals surface area contributed by atoms with Gasteiger partial charge in [0.15, 0.2) is 0 Å². The van der Waals surface area contributed by atoms with Gasteiger partial charge in [-0.2, -0.15) is 5.10 Å². The Morgan fingerprint density at radius 1 is 1.03 bits per heavy atom. The molecule has 34 heavy (non-hydrogen) atoms. The van der Waals surface area contributed by atoms with Gasteiger partial charge in [-0.1, -0.05) is 29.8 Å². The van der Waals surface area contributed by atoms with E-state index in [9.17, 15) is 9.59 Å². The lowest BCUT2D eigenvalue weighted by atomic mass is 10.1. The van der Waals surface area contributed by atoms with Crippen LogP contribution in [-0.4, -0.2) is 46.8 Å². The standard InChI is InChI=1S/C25H22ClN5O3/c1-34-13-12-28-24(32)20-10-9-18(14-22(20)26)29-25(33)21-16-31(19-7-3-2-4-8-19)30-23(21)17-6-5-11-27-15-17/h2-11,14-16H,12-13H2,1H3,(H,28,32)(H,29,33). The number of anilines is 1. The summed E-state index contributed by atoms with van der Waals surface area (Å²) in [6, 6.07) is 17.9. The Balaban J connectivity index is 1.60. The lowest BCUT2D eigenvalue weighted by molar-refractivity contribution is 0.0936. The molecule has 0 saturated carbocycles. The van der Waals surface area contributed by atoms with E-state index in [4.69, 9.17) is 16.3 Å². The Hall–Kier alpha value is -4.01. The van der Waals surface area contributed by atoms with Crippen molar-refractivity contribution in [2.24, 2.45) is 0 Å². The minimum Gasteiger partial charge on any atom is -0.383 e. The van der Waals surface area contributed by atoms with Gasteiger partial charge in [-0.05, 0) is 42.5 Å². The van der Waals surface area contributed by atoms with E-state index in [2.05, 4.69) is 20.7 Å². The van der Waals surface area contributed by atoms with Crippen LogP contribution in [0.5, 0.6) is 0 Å². The monoisotopic (exact) mass is 475 g/mol. The van der Waals surface area contributed by atoms with Crippen molar-refractivity contribution in [3.63, 3.8) is 0 Å². The van der Waals surface area contributed by atoms with Gasteiger partial charge in [-0.25, -0.2) is 4.68 Å². The first-order valence-corrected chi connectivity index (χ1v) is 10.9. The van der Waals surface area contributed by atoms with Gasteiger partial charge < -0.3 is 15.4 Å². The van der Waals surface area contributed by atoms with Crippen molar-refractivity contribution < 1.29 is 14.3 Å². The number of methoxy groups -OCH3 is 1. The van der Waals surface area contributed by atoms with Gasteiger partial charge in [0.2, 0.25) is 0 Å². The molecule has 8 nitrogen and oxygen atoms in total. The third kappa shape index (κ3) is 5.31. The van der Waals surface area contributed by atoms with Gasteiger partial charge in [0.1, 0.15) is 5.69 Å². The average molecular weight is 476 g/mol. The molecule has 0 spiro atoms. The normalized spacial score (nSPS) is 10.6. The molecule has 0 aliphatic rings. The molecule has 0 aliphatic heterocycles. The summed E-state index contributed by atoms with van der Waals surface area (Å²) in [7, 11) is 1.56. The summed E-state index contributed by atoms with van der Waals surface area (Å²) in [6.45, 7) is 0.764. The van der Waals surface area contributed by atoms with Gasteiger partial charge in [-0.15, -0.1) is 0 Å². The van der Waals surface area contributed by atoms with Crippen LogP contribution in [-0.2, 0) is 4.74 Å². The topological polar surface area (TPSA) is 98.1 Å². The van der Waals surface area contributed by atoms with Crippen LogP contribution in [0.3, 0.4) is 0 Å². The molecule has 0 atom stereocenters. The molecular weight excluding hydrogens is 454 g/mol. The van der Waals surface area contributed by atoms with E-state index in [1.807, 2.05) is 36.4 Å². The molecule has 9 heteroatoms. The van der Waals surface area contributed by atoms with Crippen LogP contribution in [0.15, 0.2) is 79.3 Å². The zero-order valence-electron chi connectivity index (χ0n) is 18.4. The number of nitrogens with zero attached hydrogens (tertiary/aromatic N) is 3. The molecule has 2 aromatic carbocycles. The van der Waals surface area contributed by atoms with Crippen LogP contribution < -0.4 is 10.6 Å². The van der Waals surface area contributed by atoms with Crippen LogP contribution in [0.4, 0.5) is 5.69 Å². The van der Waals surface area contributed by atoms with Crippen LogP contribution >= 0.6 is 11.6 Å². The molecule has 0 aliphatic carbocycles. The molecule has 4 rings (SSSR count). The lowest BCUT2D eigenvalue weighted by Crippen LogP contribution is -2.27. The maximum Gasteiger partial charge on any atom is 0.259 e. The largest absolute Gasteiger partial charge is 0.383 e. The van der Waals surface area contributed by atoms with E-state index in [0.29, 0.717) is 41.2 Å². The van der Waals surface area contributed by atoms with Gasteiger partial charge in [0, 0.05) is 43.5 Å². The number of benzene rings is 2. The number of hydrogen-bond donors (Lipinski definition) is 2. The van der Waals surface area contributed by atoms with E-state index >= 15 is 0 Å². The highest BCUT2D eigenvalue weighted by atomic mass is 35.5. The van der Waals surface area contributed by atoms with Crippen LogP contribution in [0.2, 0.25) is 5.02 Å². The van der Waals surface area contributed by atoms with Gasteiger partial charge in [0.25, 0.3) is 11.8 Å². The fourth-order valence-corrected chi connectivity index (χ4v) is 3.57. The minimum atomic E-state index is -0.366. The molecule has 2 aromatic heterocycles. The number of carbonyl (C=O) groups excluding carboxylic acids is 2. The first-order chi connectivity index (χ1) is 16.6. The van der Waals surface area contributed by atoms with Crippen molar-refractivity contribution >= 4 is 29.1 Å². The van der Waals surface area contributed by atoms with E-state index in [1.54, 1.807) is 48.6 Å². The first-order valence-electron chi connectivity index (χ1n) is 10.5. The fraction of sp³-hybridized carbons (Fsp3) is 0.120. The molecule has 0 fully saturated rings. The van der Waals surface area contributed by atoms with E-state index in [0.717, 1.165) is 5.69 Å². The fourth-order valence-electron chi connectivity index (χ4n) is 3.31.